The molecule has 0 bridgehead atoms. The number of hydrogen-bond acceptors (Lipinski definition) is 4. The van der Waals surface area contributed by atoms with Crippen molar-refractivity contribution in [3.05, 3.63) is 0 Å². The summed E-state index contributed by atoms with van der Waals surface area (Å²) >= 11 is 11.3. The summed E-state index contributed by atoms with van der Waals surface area (Å²) < 4.78 is -1.62. The van der Waals surface area contributed by atoms with E-state index in [-0.39, 0.29) is 34.0 Å². The zero-order valence-corrected chi connectivity index (χ0v) is 10.5. The number of halogens is 2. The van der Waals surface area contributed by atoms with Gasteiger partial charge in [-0.1, -0.05) is 23.2 Å². The number of hydrogen-bond donors (Lipinski definition) is 4. The number of nitrogens with two attached hydrogens (primary N) is 2. The molecule has 0 spiro atoms. The van der Waals surface area contributed by atoms with Gasteiger partial charge in [-0.2, -0.15) is 0 Å². The van der Waals surface area contributed by atoms with Crippen LogP contribution in [0, 0.1) is 0 Å². The van der Waals surface area contributed by atoms with Crippen LogP contribution in [0.5, 0.6) is 0 Å². The predicted molar refractivity (Wildman–Crippen MR) is 46.8 cm³/mol. The normalized spacial score (nSPS) is 35.5. The van der Waals surface area contributed by atoms with E-state index in [0.717, 1.165) is 0 Å². The SMILES string of the molecule is NCC1(N)CCC(Cl)(Cl)C1(O)O.[Pt]. The van der Waals surface area contributed by atoms with Crippen molar-refractivity contribution in [2.45, 2.75) is 28.5 Å². The molecule has 0 aliphatic heterocycles. The minimum absolute atomic E-state index is 0. The van der Waals surface area contributed by atoms with Gasteiger partial charge in [0.1, 0.15) is 0 Å². The second-order valence-corrected chi connectivity index (χ2v) is 4.72. The van der Waals surface area contributed by atoms with Gasteiger partial charge in [0.15, 0.2) is 4.33 Å². The monoisotopic (exact) mass is 409 g/mol. The van der Waals surface area contributed by atoms with Crippen molar-refractivity contribution in [3.8, 4) is 0 Å². The molecule has 4 nitrogen and oxygen atoms in total. The summed E-state index contributed by atoms with van der Waals surface area (Å²) in [6.07, 6.45) is 0.514. The van der Waals surface area contributed by atoms with Crippen LogP contribution in [-0.2, 0) is 21.1 Å². The van der Waals surface area contributed by atoms with E-state index in [1.165, 1.54) is 0 Å². The molecule has 6 N–H and O–H groups in total. The zero-order valence-electron chi connectivity index (χ0n) is 6.74. The first kappa shape index (κ1) is 14.1. The van der Waals surface area contributed by atoms with Crippen molar-refractivity contribution in [2.24, 2.45) is 11.5 Å². The first-order chi connectivity index (χ1) is 5.27. The molecule has 0 aromatic heterocycles. The van der Waals surface area contributed by atoms with Crippen molar-refractivity contribution < 1.29 is 31.3 Å². The molecule has 1 saturated carbocycles. The van der Waals surface area contributed by atoms with Crippen LogP contribution in [0.4, 0.5) is 0 Å². The summed E-state index contributed by atoms with van der Waals surface area (Å²) in [6.45, 7) is -0.0683. The van der Waals surface area contributed by atoms with Crippen LogP contribution in [0.15, 0.2) is 0 Å². The minimum atomic E-state index is -2.32. The van der Waals surface area contributed by atoms with Crippen LogP contribution >= 0.6 is 23.2 Å². The van der Waals surface area contributed by atoms with Gasteiger partial charge in [0, 0.05) is 27.6 Å². The molecule has 0 aromatic carbocycles. The third-order valence-electron chi connectivity index (χ3n) is 2.45. The zero-order chi connectivity index (χ0) is 9.62. The van der Waals surface area contributed by atoms with E-state index in [9.17, 15) is 10.2 Å². The van der Waals surface area contributed by atoms with Crippen LogP contribution < -0.4 is 11.5 Å². The number of alkyl halides is 2. The van der Waals surface area contributed by atoms with Crippen molar-refractivity contribution in [1.29, 1.82) is 0 Å². The first-order valence-corrected chi connectivity index (χ1v) is 4.34. The number of rotatable bonds is 1. The molecule has 0 radical (unpaired) electrons. The summed E-state index contributed by atoms with van der Waals surface area (Å²) in [5.41, 5.74) is 9.61. The maximum atomic E-state index is 9.53. The summed E-state index contributed by atoms with van der Waals surface area (Å²) in [5.74, 6) is -2.32. The Bertz CT molecular complexity index is 203. The third-order valence-corrected chi connectivity index (χ3v) is 3.36. The fourth-order valence-corrected chi connectivity index (χ4v) is 1.90. The number of aliphatic hydroxyl groups is 2. The van der Waals surface area contributed by atoms with Gasteiger partial charge in [-0.3, -0.25) is 0 Å². The molecule has 0 heterocycles. The molecule has 1 aliphatic rings. The van der Waals surface area contributed by atoms with Crippen molar-refractivity contribution in [2.75, 3.05) is 6.54 Å². The smallest absolute Gasteiger partial charge is 0.216 e. The van der Waals surface area contributed by atoms with Gasteiger partial charge in [0.2, 0.25) is 5.79 Å². The maximum Gasteiger partial charge on any atom is 0.216 e. The summed E-state index contributed by atoms with van der Waals surface area (Å²) in [4.78, 5) is 0. The van der Waals surface area contributed by atoms with Crippen molar-refractivity contribution >= 4 is 23.2 Å². The molecule has 82 valence electrons. The van der Waals surface area contributed by atoms with Gasteiger partial charge < -0.3 is 21.7 Å². The Morgan fingerprint density at radius 3 is 1.85 bits per heavy atom. The Morgan fingerprint density at radius 1 is 1.23 bits per heavy atom. The maximum absolute atomic E-state index is 9.53. The molecule has 1 fully saturated rings. The molecule has 1 unspecified atom stereocenters. The Hall–Kier alpha value is 1.11. The van der Waals surface area contributed by atoms with Gasteiger partial charge in [-0.25, -0.2) is 0 Å². The van der Waals surface area contributed by atoms with E-state index in [2.05, 4.69) is 0 Å². The van der Waals surface area contributed by atoms with Gasteiger partial charge in [-0.15, -0.1) is 0 Å². The van der Waals surface area contributed by atoms with Crippen molar-refractivity contribution in [1.82, 2.24) is 0 Å². The molecule has 0 amide bonds. The summed E-state index contributed by atoms with van der Waals surface area (Å²) in [5, 5.41) is 19.1. The van der Waals surface area contributed by atoms with E-state index < -0.39 is 15.7 Å². The van der Waals surface area contributed by atoms with Gasteiger partial charge >= 0.3 is 0 Å². The standard InChI is InChI=1S/C6H12Cl2N2O2.Pt/c7-5(8)2-1-4(10,3-9)6(5,11)12;/h11-12H,1-3,9-10H2;. The Morgan fingerprint density at radius 2 is 1.69 bits per heavy atom. The van der Waals surface area contributed by atoms with Crippen LogP contribution in [0.2, 0.25) is 0 Å². The summed E-state index contributed by atoms with van der Waals surface area (Å²) in [7, 11) is 0. The van der Waals surface area contributed by atoms with Gasteiger partial charge in [0.25, 0.3) is 0 Å². The molecule has 7 heteroatoms. The van der Waals surface area contributed by atoms with E-state index >= 15 is 0 Å². The van der Waals surface area contributed by atoms with Gasteiger partial charge in [0.05, 0.1) is 5.54 Å². The quantitative estimate of drug-likeness (QED) is 0.340. The predicted octanol–water partition coefficient (Wildman–Crippen LogP) is -0.711. The minimum Gasteiger partial charge on any atom is -0.362 e. The van der Waals surface area contributed by atoms with Crippen LogP contribution in [0.25, 0.3) is 0 Å². The van der Waals surface area contributed by atoms with E-state index in [4.69, 9.17) is 34.7 Å². The Kier molecular flexibility index (Phi) is 4.27. The molecular weight excluding hydrogens is 398 g/mol. The molecule has 1 atom stereocenters. The molecular formula is C6H12Cl2N2O2Pt. The van der Waals surface area contributed by atoms with Crippen LogP contribution in [0.1, 0.15) is 12.8 Å². The van der Waals surface area contributed by atoms with Crippen LogP contribution in [0.3, 0.4) is 0 Å². The average molecular weight is 410 g/mol. The fourth-order valence-electron chi connectivity index (χ4n) is 1.34. The van der Waals surface area contributed by atoms with Gasteiger partial charge in [-0.05, 0) is 12.8 Å². The molecule has 0 aromatic rings. The largest absolute Gasteiger partial charge is 0.362 e. The first-order valence-electron chi connectivity index (χ1n) is 3.58. The van der Waals surface area contributed by atoms with Crippen LogP contribution in [-0.4, -0.2) is 32.4 Å². The average Bonchev–Trinajstić information content (AvgIpc) is 2.12. The summed E-state index contributed by atoms with van der Waals surface area (Å²) in [6, 6.07) is 0. The Balaban J connectivity index is 0.00000144. The molecule has 0 saturated heterocycles. The second-order valence-electron chi connectivity index (χ2n) is 3.24. The van der Waals surface area contributed by atoms with E-state index in [1.807, 2.05) is 0 Å². The molecule has 1 aliphatic carbocycles. The van der Waals surface area contributed by atoms with E-state index in [0.29, 0.717) is 6.42 Å². The third kappa shape index (κ3) is 1.91. The fraction of sp³-hybridized carbons (Fsp3) is 1.00. The molecule has 13 heavy (non-hydrogen) atoms. The second kappa shape index (κ2) is 3.93. The van der Waals surface area contributed by atoms with E-state index in [1.54, 1.807) is 0 Å². The molecule has 1 rings (SSSR count). The topological polar surface area (TPSA) is 92.5 Å². The Labute approximate surface area is 101 Å². The van der Waals surface area contributed by atoms with Crippen molar-refractivity contribution in [3.63, 3.8) is 0 Å².